The number of carbonyl (C=O) groups excluding carboxylic acids is 1. The maximum atomic E-state index is 12.0. The molecule has 0 unspecified atom stereocenters. The van der Waals surface area contributed by atoms with Crippen molar-refractivity contribution < 1.29 is 9.32 Å². The van der Waals surface area contributed by atoms with Crippen LogP contribution in [-0.4, -0.2) is 16.2 Å². The van der Waals surface area contributed by atoms with Gasteiger partial charge in [0.1, 0.15) is 0 Å². The number of hydrogen-bond donors (Lipinski definition) is 3. The number of benzene rings is 1. The van der Waals surface area contributed by atoms with Crippen LogP contribution in [0.25, 0.3) is 10.9 Å². The Labute approximate surface area is 126 Å². The summed E-state index contributed by atoms with van der Waals surface area (Å²) >= 11 is 0. The highest BCUT2D eigenvalue weighted by atomic mass is 16.5. The molecule has 6 heteroatoms. The lowest BCUT2D eigenvalue weighted by Crippen LogP contribution is -2.19. The van der Waals surface area contributed by atoms with Crippen molar-refractivity contribution in [3.8, 4) is 0 Å². The molecule has 1 aliphatic carbocycles. The number of carbonyl (C=O) groups is 1. The maximum Gasteiger partial charge on any atom is 0.326 e. The first-order valence-electron chi connectivity index (χ1n) is 7.40. The predicted octanol–water partition coefficient (Wildman–Crippen LogP) is 4.07. The Bertz CT molecular complexity index is 816. The number of H-pyrrole nitrogens is 1. The molecule has 1 aliphatic rings. The van der Waals surface area contributed by atoms with Crippen LogP contribution < -0.4 is 10.6 Å². The molecule has 0 atom stereocenters. The Balaban J connectivity index is 1.42. The molecule has 2 amide bonds. The van der Waals surface area contributed by atoms with Gasteiger partial charge in [-0.05, 0) is 37.1 Å². The molecular formula is C16H16N4O2. The number of aromatic nitrogens is 2. The zero-order valence-electron chi connectivity index (χ0n) is 11.9. The molecule has 112 valence electrons. The molecule has 0 bridgehead atoms. The summed E-state index contributed by atoms with van der Waals surface area (Å²) in [7, 11) is 0. The van der Waals surface area contributed by atoms with E-state index < -0.39 is 0 Å². The van der Waals surface area contributed by atoms with Gasteiger partial charge in [-0.15, -0.1) is 0 Å². The normalized spacial score (nSPS) is 14.7. The molecule has 0 spiro atoms. The number of nitrogens with one attached hydrogen (secondary N) is 3. The topological polar surface area (TPSA) is 83.0 Å². The van der Waals surface area contributed by atoms with Crippen LogP contribution in [0.5, 0.6) is 0 Å². The molecule has 1 saturated carbocycles. The largest absolute Gasteiger partial charge is 0.361 e. The fourth-order valence-corrected chi connectivity index (χ4v) is 2.65. The summed E-state index contributed by atoms with van der Waals surface area (Å²) in [5.41, 5.74) is 2.69. The maximum absolute atomic E-state index is 12.0. The van der Waals surface area contributed by atoms with Gasteiger partial charge in [0.05, 0.1) is 5.69 Å². The van der Waals surface area contributed by atoms with E-state index in [2.05, 4.69) is 20.8 Å². The molecule has 0 saturated heterocycles. The fourth-order valence-electron chi connectivity index (χ4n) is 2.65. The standard InChI is InChI=1S/C16H16N4O2/c21-16(18-12-4-5-13-11(8-12)6-7-17-13)19-15-9-14(20-22-15)10-2-1-3-10/h4-10,17H,1-3H2,(H2,18,19,21). The number of aromatic amines is 1. The average molecular weight is 296 g/mol. The number of fused-ring (bicyclic) bond motifs is 1. The van der Waals surface area contributed by atoms with E-state index in [-0.39, 0.29) is 6.03 Å². The molecular weight excluding hydrogens is 280 g/mol. The van der Waals surface area contributed by atoms with Gasteiger partial charge in [-0.1, -0.05) is 11.6 Å². The average Bonchev–Trinajstić information content (AvgIpc) is 3.05. The quantitative estimate of drug-likeness (QED) is 0.681. The number of amides is 2. The minimum Gasteiger partial charge on any atom is -0.361 e. The molecule has 2 aromatic heterocycles. The van der Waals surface area contributed by atoms with Crippen molar-refractivity contribution in [2.45, 2.75) is 25.2 Å². The third kappa shape index (κ3) is 2.43. The first-order valence-corrected chi connectivity index (χ1v) is 7.40. The summed E-state index contributed by atoms with van der Waals surface area (Å²) in [6, 6.07) is 9.10. The van der Waals surface area contributed by atoms with Crippen molar-refractivity contribution in [2.24, 2.45) is 0 Å². The summed E-state index contributed by atoms with van der Waals surface area (Å²) < 4.78 is 5.16. The molecule has 22 heavy (non-hydrogen) atoms. The number of rotatable bonds is 3. The highest BCUT2D eigenvalue weighted by molar-refractivity contribution is 6.00. The Hall–Kier alpha value is -2.76. The molecule has 0 aliphatic heterocycles. The third-order valence-corrected chi connectivity index (χ3v) is 4.10. The molecule has 2 heterocycles. The van der Waals surface area contributed by atoms with Crippen molar-refractivity contribution in [1.82, 2.24) is 10.1 Å². The highest BCUT2D eigenvalue weighted by Crippen LogP contribution is 2.36. The van der Waals surface area contributed by atoms with Gasteiger partial charge in [-0.25, -0.2) is 4.79 Å². The SMILES string of the molecule is O=C(Nc1ccc2[nH]ccc2c1)Nc1cc(C2CCC2)no1. The third-order valence-electron chi connectivity index (χ3n) is 4.10. The highest BCUT2D eigenvalue weighted by Gasteiger charge is 2.23. The van der Waals surface area contributed by atoms with Crippen molar-refractivity contribution in [3.05, 3.63) is 42.2 Å². The number of nitrogens with zero attached hydrogens (tertiary/aromatic N) is 1. The zero-order chi connectivity index (χ0) is 14.9. The number of anilines is 2. The van der Waals surface area contributed by atoms with Crippen molar-refractivity contribution in [2.75, 3.05) is 10.6 Å². The van der Waals surface area contributed by atoms with E-state index in [9.17, 15) is 4.79 Å². The smallest absolute Gasteiger partial charge is 0.326 e. The van der Waals surface area contributed by atoms with Crippen LogP contribution in [0.3, 0.4) is 0 Å². The Morgan fingerprint density at radius 3 is 2.95 bits per heavy atom. The number of urea groups is 1. The zero-order valence-corrected chi connectivity index (χ0v) is 11.9. The van der Waals surface area contributed by atoms with Gasteiger partial charge >= 0.3 is 6.03 Å². The lowest BCUT2D eigenvalue weighted by Gasteiger charge is -2.22. The Morgan fingerprint density at radius 1 is 1.23 bits per heavy atom. The van der Waals surface area contributed by atoms with E-state index in [1.807, 2.05) is 30.5 Å². The van der Waals surface area contributed by atoms with Crippen LogP contribution in [0.1, 0.15) is 30.9 Å². The second kappa shape index (κ2) is 5.22. The summed E-state index contributed by atoms with van der Waals surface area (Å²) in [5.74, 6) is 0.862. The van der Waals surface area contributed by atoms with E-state index >= 15 is 0 Å². The van der Waals surface area contributed by atoms with Gasteiger partial charge in [0.25, 0.3) is 0 Å². The van der Waals surface area contributed by atoms with E-state index in [1.165, 1.54) is 6.42 Å². The van der Waals surface area contributed by atoms with Crippen LogP contribution in [0, 0.1) is 0 Å². The molecule has 0 radical (unpaired) electrons. The Morgan fingerprint density at radius 2 is 2.14 bits per heavy atom. The van der Waals surface area contributed by atoms with Crippen molar-refractivity contribution >= 4 is 28.5 Å². The molecule has 1 fully saturated rings. The van der Waals surface area contributed by atoms with Gasteiger partial charge in [-0.2, -0.15) is 0 Å². The Kier molecular flexibility index (Phi) is 3.07. The van der Waals surface area contributed by atoms with Crippen LogP contribution in [0.4, 0.5) is 16.4 Å². The molecule has 4 rings (SSSR count). The van der Waals surface area contributed by atoms with E-state index in [1.54, 1.807) is 6.07 Å². The molecule has 6 nitrogen and oxygen atoms in total. The minimum absolute atomic E-state index is 0.341. The second-order valence-corrected chi connectivity index (χ2v) is 5.60. The summed E-state index contributed by atoms with van der Waals surface area (Å²) in [5, 5.41) is 10.5. The van der Waals surface area contributed by atoms with Crippen LogP contribution in [0.2, 0.25) is 0 Å². The van der Waals surface area contributed by atoms with E-state index in [0.29, 0.717) is 11.8 Å². The van der Waals surface area contributed by atoms with Crippen LogP contribution in [0.15, 0.2) is 41.1 Å². The van der Waals surface area contributed by atoms with Gasteiger partial charge in [0.15, 0.2) is 0 Å². The summed E-state index contributed by atoms with van der Waals surface area (Å²) in [6.45, 7) is 0. The molecule has 1 aromatic carbocycles. The lowest BCUT2D eigenvalue weighted by molar-refractivity contribution is 0.261. The monoisotopic (exact) mass is 296 g/mol. The molecule has 3 aromatic rings. The predicted molar refractivity (Wildman–Crippen MR) is 84.0 cm³/mol. The van der Waals surface area contributed by atoms with Gasteiger partial charge < -0.3 is 14.8 Å². The van der Waals surface area contributed by atoms with Crippen LogP contribution >= 0.6 is 0 Å². The van der Waals surface area contributed by atoms with Gasteiger partial charge in [0, 0.05) is 34.8 Å². The van der Waals surface area contributed by atoms with Gasteiger partial charge in [0.2, 0.25) is 5.88 Å². The van der Waals surface area contributed by atoms with E-state index in [4.69, 9.17) is 4.52 Å². The molecule has 3 N–H and O–H groups in total. The minimum atomic E-state index is -0.341. The van der Waals surface area contributed by atoms with Crippen LogP contribution in [-0.2, 0) is 0 Å². The summed E-state index contributed by atoms with van der Waals surface area (Å²) in [6.07, 6.45) is 5.40. The van der Waals surface area contributed by atoms with Crippen molar-refractivity contribution in [1.29, 1.82) is 0 Å². The van der Waals surface area contributed by atoms with Crippen molar-refractivity contribution in [3.63, 3.8) is 0 Å². The lowest BCUT2D eigenvalue weighted by atomic mass is 9.83. The second-order valence-electron chi connectivity index (χ2n) is 5.60. The number of hydrogen-bond acceptors (Lipinski definition) is 3. The fraction of sp³-hybridized carbons (Fsp3) is 0.250. The van der Waals surface area contributed by atoms with Gasteiger partial charge in [-0.3, -0.25) is 5.32 Å². The first-order chi connectivity index (χ1) is 10.8. The summed E-state index contributed by atoms with van der Waals surface area (Å²) in [4.78, 5) is 15.1. The first kappa shape index (κ1) is 12.9. The van der Waals surface area contributed by atoms with E-state index in [0.717, 1.165) is 35.1 Å².